The van der Waals surface area contributed by atoms with Gasteiger partial charge in [-0.3, -0.25) is 0 Å². The summed E-state index contributed by atoms with van der Waals surface area (Å²) in [5.74, 6) is -1.03. The Morgan fingerprint density at radius 1 is 1.77 bits per heavy atom. The van der Waals surface area contributed by atoms with Crippen molar-refractivity contribution in [3.63, 3.8) is 0 Å². The fourth-order valence-corrected chi connectivity index (χ4v) is 1.41. The van der Waals surface area contributed by atoms with Crippen LogP contribution in [0.15, 0.2) is 22.0 Å². The van der Waals surface area contributed by atoms with Gasteiger partial charge in [0.25, 0.3) is 0 Å². The van der Waals surface area contributed by atoms with E-state index in [0.29, 0.717) is 5.71 Å². The normalized spacial score (nSPS) is 11.3. The summed E-state index contributed by atoms with van der Waals surface area (Å²) in [4.78, 5) is 14.6. The van der Waals surface area contributed by atoms with Gasteiger partial charge in [-0.05, 0) is 23.8 Å². The Balaban J connectivity index is 2.48. The zero-order valence-corrected chi connectivity index (χ0v) is 7.87. The minimum absolute atomic E-state index is 0.401. The van der Waals surface area contributed by atoms with Gasteiger partial charge in [-0.15, -0.1) is 0 Å². The number of aliphatic carboxylic acids is 1. The van der Waals surface area contributed by atoms with Crippen molar-refractivity contribution in [1.29, 1.82) is 0 Å². The van der Waals surface area contributed by atoms with Crippen molar-refractivity contribution in [2.75, 3.05) is 6.61 Å². The van der Waals surface area contributed by atoms with Crippen molar-refractivity contribution < 1.29 is 14.7 Å². The van der Waals surface area contributed by atoms with Gasteiger partial charge in [0, 0.05) is 5.56 Å². The molecule has 0 aliphatic carbocycles. The molecule has 13 heavy (non-hydrogen) atoms. The van der Waals surface area contributed by atoms with E-state index in [1.807, 2.05) is 16.8 Å². The van der Waals surface area contributed by atoms with Crippen LogP contribution in [0, 0.1) is 0 Å². The van der Waals surface area contributed by atoms with Crippen LogP contribution in [0.3, 0.4) is 0 Å². The van der Waals surface area contributed by atoms with Crippen molar-refractivity contribution >= 4 is 23.0 Å². The van der Waals surface area contributed by atoms with Crippen LogP contribution in [0.25, 0.3) is 0 Å². The van der Waals surface area contributed by atoms with Gasteiger partial charge in [-0.2, -0.15) is 11.3 Å². The van der Waals surface area contributed by atoms with Crippen LogP contribution in [-0.2, 0) is 9.63 Å². The second-order valence-electron chi connectivity index (χ2n) is 2.36. The van der Waals surface area contributed by atoms with Crippen LogP contribution >= 0.6 is 11.3 Å². The van der Waals surface area contributed by atoms with Crippen LogP contribution in [0.2, 0.25) is 0 Å². The van der Waals surface area contributed by atoms with Gasteiger partial charge in [0.15, 0.2) is 0 Å². The highest BCUT2D eigenvalue weighted by atomic mass is 32.1. The average molecular weight is 199 g/mol. The van der Waals surface area contributed by atoms with Gasteiger partial charge in [-0.25, -0.2) is 4.79 Å². The smallest absolute Gasteiger partial charge is 0.344 e. The van der Waals surface area contributed by atoms with E-state index in [1.54, 1.807) is 18.3 Å². The van der Waals surface area contributed by atoms with Crippen molar-refractivity contribution in [3.8, 4) is 0 Å². The minimum atomic E-state index is -1.03. The van der Waals surface area contributed by atoms with E-state index in [4.69, 9.17) is 5.11 Å². The number of hydrogen-bond acceptors (Lipinski definition) is 4. The van der Waals surface area contributed by atoms with Crippen LogP contribution in [0.1, 0.15) is 12.5 Å². The molecule has 70 valence electrons. The minimum Gasteiger partial charge on any atom is -0.479 e. The second-order valence-corrected chi connectivity index (χ2v) is 3.14. The summed E-state index contributed by atoms with van der Waals surface area (Å²) in [6.45, 7) is 1.37. The topological polar surface area (TPSA) is 58.9 Å². The summed E-state index contributed by atoms with van der Waals surface area (Å²) in [6.07, 6.45) is 0. The lowest BCUT2D eigenvalue weighted by Gasteiger charge is -1.96. The van der Waals surface area contributed by atoms with Crippen LogP contribution in [0.4, 0.5) is 0 Å². The fourth-order valence-electron chi connectivity index (χ4n) is 0.707. The monoisotopic (exact) mass is 199 g/mol. The number of oxime groups is 1. The van der Waals surface area contributed by atoms with E-state index in [-0.39, 0.29) is 0 Å². The lowest BCUT2D eigenvalue weighted by Crippen LogP contribution is -2.05. The molecule has 1 heterocycles. The maximum atomic E-state index is 10.1. The molecule has 1 N–H and O–H groups in total. The summed E-state index contributed by atoms with van der Waals surface area (Å²) in [6, 6.07) is 1.90. The molecule has 0 amide bonds. The van der Waals surface area contributed by atoms with E-state index >= 15 is 0 Å². The van der Waals surface area contributed by atoms with Crippen molar-refractivity contribution in [1.82, 2.24) is 0 Å². The molecule has 4 nitrogen and oxygen atoms in total. The lowest BCUT2D eigenvalue weighted by molar-refractivity contribution is -0.142. The Labute approximate surface area is 79.5 Å². The Morgan fingerprint density at radius 3 is 3.08 bits per heavy atom. The summed E-state index contributed by atoms with van der Waals surface area (Å²) in [5.41, 5.74) is 1.64. The van der Waals surface area contributed by atoms with Gasteiger partial charge in [0.1, 0.15) is 0 Å². The molecule has 0 bridgehead atoms. The number of nitrogens with zero attached hydrogens (tertiary/aromatic N) is 1. The van der Waals surface area contributed by atoms with E-state index in [0.717, 1.165) is 5.56 Å². The Morgan fingerprint density at radius 2 is 2.54 bits per heavy atom. The molecule has 1 aromatic rings. The Bertz CT molecular complexity index is 305. The fraction of sp³-hybridized carbons (Fsp3) is 0.250. The molecule has 0 atom stereocenters. The molecule has 0 aliphatic heterocycles. The maximum Gasteiger partial charge on any atom is 0.344 e. The number of rotatable bonds is 4. The molecule has 0 aliphatic rings. The maximum absolute atomic E-state index is 10.1. The molecule has 0 spiro atoms. The van der Waals surface area contributed by atoms with E-state index in [1.165, 1.54) is 0 Å². The molecule has 0 saturated carbocycles. The van der Waals surface area contributed by atoms with Crippen molar-refractivity contribution in [2.24, 2.45) is 5.16 Å². The number of carboxylic acids is 1. The molecule has 0 fully saturated rings. The summed E-state index contributed by atoms with van der Waals surface area (Å²) in [5, 5.41) is 15.8. The van der Waals surface area contributed by atoms with Crippen LogP contribution in [-0.4, -0.2) is 23.4 Å². The SMILES string of the molecule is CC(=NOCC(=O)O)c1ccsc1. The molecule has 1 aromatic heterocycles. The molecule has 0 unspecified atom stereocenters. The van der Waals surface area contributed by atoms with Crippen molar-refractivity contribution in [2.45, 2.75) is 6.92 Å². The first-order valence-corrected chi connectivity index (χ1v) is 4.55. The third kappa shape index (κ3) is 3.25. The predicted molar refractivity (Wildman–Crippen MR) is 50.1 cm³/mol. The van der Waals surface area contributed by atoms with Crippen LogP contribution < -0.4 is 0 Å². The third-order valence-electron chi connectivity index (χ3n) is 1.33. The number of hydrogen-bond donors (Lipinski definition) is 1. The summed E-state index contributed by atoms with van der Waals surface area (Å²) in [7, 11) is 0. The van der Waals surface area contributed by atoms with Crippen molar-refractivity contribution in [3.05, 3.63) is 22.4 Å². The predicted octanol–water partition coefficient (Wildman–Crippen LogP) is 1.57. The van der Waals surface area contributed by atoms with Gasteiger partial charge < -0.3 is 9.94 Å². The lowest BCUT2D eigenvalue weighted by atomic mass is 10.2. The molecule has 0 saturated heterocycles. The molecule has 0 radical (unpaired) electrons. The number of carboxylic acid groups (broad SMARTS) is 1. The van der Waals surface area contributed by atoms with E-state index < -0.39 is 12.6 Å². The quantitative estimate of drug-likeness (QED) is 0.591. The van der Waals surface area contributed by atoms with Gasteiger partial charge in [-0.1, -0.05) is 5.16 Å². The molecule has 5 heteroatoms. The van der Waals surface area contributed by atoms with Crippen LogP contribution in [0.5, 0.6) is 0 Å². The molecular weight excluding hydrogens is 190 g/mol. The zero-order valence-electron chi connectivity index (χ0n) is 7.06. The molecule has 0 aromatic carbocycles. The third-order valence-corrected chi connectivity index (χ3v) is 2.01. The van der Waals surface area contributed by atoms with Gasteiger partial charge in [0.2, 0.25) is 6.61 Å². The Hall–Kier alpha value is -1.36. The summed E-state index contributed by atoms with van der Waals surface area (Å²) < 4.78 is 0. The largest absolute Gasteiger partial charge is 0.479 e. The van der Waals surface area contributed by atoms with Gasteiger partial charge in [0.05, 0.1) is 5.71 Å². The standard InChI is InChI=1S/C8H9NO3S/c1-6(7-2-3-13-5-7)9-12-4-8(10)11/h2-3,5H,4H2,1H3,(H,10,11). The number of carbonyl (C=O) groups is 1. The van der Waals surface area contributed by atoms with E-state index in [9.17, 15) is 4.79 Å². The first-order chi connectivity index (χ1) is 6.20. The molecular formula is C8H9NO3S. The highest BCUT2D eigenvalue weighted by Crippen LogP contribution is 2.07. The number of thiophene rings is 1. The molecule has 1 rings (SSSR count). The van der Waals surface area contributed by atoms with Gasteiger partial charge >= 0.3 is 5.97 Å². The zero-order chi connectivity index (χ0) is 9.68. The Kier molecular flexibility index (Phi) is 3.45. The highest BCUT2D eigenvalue weighted by Gasteiger charge is 1.99. The first-order valence-electron chi connectivity index (χ1n) is 3.61. The highest BCUT2D eigenvalue weighted by molar-refractivity contribution is 7.08. The summed E-state index contributed by atoms with van der Waals surface area (Å²) >= 11 is 1.55. The second kappa shape index (κ2) is 4.61. The van der Waals surface area contributed by atoms with E-state index in [2.05, 4.69) is 9.99 Å². The average Bonchev–Trinajstić information content (AvgIpc) is 2.55. The first kappa shape index (κ1) is 9.73.